The summed E-state index contributed by atoms with van der Waals surface area (Å²) >= 11 is 0. The lowest BCUT2D eigenvalue weighted by molar-refractivity contribution is -0.118. The van der Waals surface area contributed by atoms with Crippen LogP contribution in [0.5, 0.6) is 0 Å². The normalized spacial score (nSPS) is 13.1. The van der Waals surface area contributed by atoms with Gasteiger partial charge in [-0.15, -0.1) is 0 Å². The number of anilines is 2. The smallest absolute Gasteiger partial charge is 0.241 e. The number of rotatable bonds is 5. The van der Waals surface area contributed by atoms with Crippen LogP contribution in [0, 0.1) is 12.8 Å². The first-order valence-electron chi connectivity index (χ1n) is 6.25. The van der Waals surface area contributed by atoms with Crippen molar-refractivity contribution < 1.29 is 13.2 Å². The standard InChI is InChI=1S/C13H21N3O3S/c1-8(2)12(14)13(17)15-10-5-6-11(9(3)7-10)16-20(4,18)19/h5-8,12,16H,14H2,1-4H3,(H,15,17)/t12-/m1/s1. The number of benzene rings is 1. The summed E-state index contributed by atoms with van der Waals surface area (Å²) in [4.78, 5) is 11.8. The van der Waals surface area contributed by atoms with Crippen LogP contribution in [0.4, 0.5) is 11.4 Å². The fraction of sp³-hybridized carbons (Fsp3) is 0.462. The first kappa shape index (κ1) is 16.5. The quantitative estimate of drug-likeness (QED) is 0.762. The third-order valence-corrected chi connectivity index (χ3v) is 3.40. The van der Waals surface area contributed by atoms with E-state index < -0.39 is 16.1 Å². The van der Waals surface area contributed by atoms with Crippen LogP contribution in [-0.4, -0.2) is 26.6 Å². The molecule has 0 heterocycles. The van der Waals surface area contributed by atoms with E-state index in [9.17, 15) is 13.2 Å². The minimum atomic E-state index is -3.32. The molecule has 112 valence electrons. The van der Waals surface area contributed by atoms with Crippen LogP contribution in [0.15, 0.2) is 18.2 Å². The Labute approximate surface area is 119 Å². The van der Waals surface area contributed by atoms with Gasteiger partial charge in [-0.25, -0.2) is 8.42 Å². The Morgan fingerprint density at radius 2 is 1.90 bits per heavy atom. The number of hydrogen-bond acceptors (Lipinski definition) is 4. The fourth-order valence-corrected chi connectivity index (χ4v) is 2.21. The molecule has 0 aliphatic heterocycles. The molecule has 0 aromatic heterocycles. The first-order chi connectivity index (χ1) is 9.10. The predicted molar refractivity (Wildman–Crippen MR) is 81.1 cm³/mol. The highest BCUT2D eigenvalue weighted by atomic mass is 32.2. The average Bonchev–Trinajstić information content (AvgIpc) is 2.30. The second-order valence-corrected chi connectivity index (χ2v) is 6.91. The molecule has 0 spiro atoms. The SMILES string of the molecule is Cc1cc(NC(=O)[C@H](N)C(C)C)ccc1NS(C)(=O)=O. The van der Waals surface area contributed by atoms with Crippen LogP contribution >= 0.6 is 0 Å². The van der Waals surface area contributed by atoms with E-state index in [1.54, 1.807) is 25.1 Å². The highest BCUT2D eigenvalue weighted by Gasteiger charge is 2.17. The van der Waals surface area contributed by atoms with E-state index in [-0.39, 0.29) is 11.8 Å². The van der Waals surface area contributed by atoms with Crippen molar-refractivity contribution in [1.82, 2.24) is 0 Å². The van der Waals surface area contributed by atoms with Crippen molar-refractivity contribution in [3.63, 3.8) is 0 Å². The van der Waals surface area contributed by atoms with E-state index in [4.69, 9.17) is 5.73 Å². The lowest BCUT2D eigenvalue weighted by Gasteiger charge is -2.16. The molecule has 1 aromatic carbocycles. The molecule has 0 fully saturated rings. The summed E-state index contributed by atoms with van der Waals surface area (Å²) < 4.78 is 24.8. The number of carbonyl (C=O) groups is 1. The molecule has 1 rings (SSSR count). The average molecular weight is 299 g/mol. The molecular weight excluding hydrogens is 278 g/mol. The number of aryl methyl sites for hydroxylation is 1. The Morgan fingerprint density at radius 1 is 1.30 bits per heavy atom. The lowest BCUT2D eigenvalue weighted by atomic mass is 10.0. The molecule has 0 bridgehead atoms. The number of carbonyl (C=O) groups excluding carboxylic acids is 1. The highest BCUT2D eigenvalue weighted by Crippen LogP contribution is 2.20. The molecular formula is C13H21N3O3S. The van der Waals surface area contributed by atoms with Crippen LogP contribution in [0.2, 0.25) is 0 Å². The van der Waals surface area contributed by atoms with Crippen molar-refractivity contribution in [2.75, 3.05) is 16.3 Å². The van der Waals surface area contributed by atoms with Crippen LogP contribution in [-0.2, 0) is 14.8 Å². The molecule has 0 saturated carbocycles. The zero-order chi connectivity index (χ0) is 15.5. The van der Waals surface area contributed by atoms with Gasteiger partial charge in [-0.3, -0.25) is 9.52 Å². The summed E-state index contributed by atoms with van der Waals surface area (Å²) in [5.41, 5.74) is 7.54. The van der Waals surface area contributed by atoms with Crippen LogP contribution < -0.4 is 15.8 Å². The van der Waals surface area contributed by atoms with Crippen molar-refractivity contribution in [3.8, 4) is 0 Å². The first-order valence-corrected chi connectivity index (χ1v) is 8.14. The molecule has 1 atom stereocenters. The second-order valence-electron chi connectivity index (χ2n) is 5.16. The minimum Gasteiger partial charge on any atom is -0.325 e. The third kappa shape index (κ3) is 4.82. The van der Waals surface area contributed by atoms with Gasteiger partial charge in [0.15, 0.2) is 0 Å². The maximum absolute atomic E-state index is 11.8. The van der Waals surface area contributed by atoms with Crippen molar-refractivity contribution in [3.05, 3.63) is 23.8 Å². The van der Waals surface area contributed by atoms with Crippen molar-refractivity contribution >= 4 is 27.3 Å². The van der Waals surface area contributed by atoms with Crippen molar-refractivity contribution in [1.29, 1.82) is 0 Å². The highest BCUT2D eigenvalue weighted by molar-refractivity contribution is 7.92. The van der Waals surface area contributed by atoms with Gasteiger partial charge in [-0.2, -0.15) is 0 Å². The molecule has 0 aliphatic carbocycles. The zero-order valence-electron chi connectivity index (χ0n) is 12.1. The van der Waals surface area contributed by atoms with Crippen molar-refractivity contribution in [2.45, 2.75) is 26.8 Å². The van der Waals surface area contributed by atoms with E-state index in [0.717, 1.165) is 6.26 Å². The van der Waals surface area contributed by atoms with Gasteiger partial charge in [0.2, 0.25) is 15.9 Å². The van der Waals surface area contributed by atoms with Gasteiger partial charge in [0, 0.05) is 5.69 Å². The van der Waals surface area contributed by atoms with Crippen LogP contribution in [0.1, 0.15) is 19.4 Å². The molecule has 0 saturated heterocycles. The molecule has 1 aromatic rings. The number of sulfonamides is 1. The number of nitrogens with one attached hydrogen (secondary N) is 2. The monoisotopic (exact) mass is 299 g/mol. The van der Waals surface area contributed by atoms with Gasteiger partial charge in [-0.1, -0.05) is 13.8 Å². The summed E-state index contributed by atoms with van der Waals surface area (Å²) in [6, 6.07) is 4.35. The third-order valence-electron chi connectivity index (χ3n) is 2.81. The Bertz CT molecular complexity index is 597. The van der Waals surface area contributed by atoms with Gasteiger partial charge in [0.25, 0.3) is 0 Å². The molecule has 0 aliphatic rings. The molecule has 20 heavy (non-hydrogen) atoms. The second kappa shape index (κ2) is 6.23. The Morgan fingerprint density at radius 3 is 2.35 bits per heavy atom. The van der Waals surface area contributed by atoms with Gasteiger partial charge >= 0.3 is 0 Å². The van der Waals surface area contributed by atoms with Crippen LogP contribution in [0.25, 0.3) is 0 Å². The molecule has 0 unspecified atom stereocenters. The maximum Gasteiger partial charge on any atom is 0.241 e. The molecule has 0 radical (unpaired) electrons. The van der Waals surface area contributed by atoms with Crippen molar-refractivity contribution in [2.24, 2.45) is 11.7 Å². The number of amides is 1. The Balaban J connectivity index is 2.85. The Kier molecular flexibility index (Phi) is 5.13. The molecule has 4 N–H and O–H groups in total. The molecule has 1 amide bonds. The van der Waals surface area contributed by atoms with E-state index in [1.165, 1.54) is 0 Å². The summed E-state index contributed by atoms with van der Waals surface area (Å²) in [6.07, 6.45) is 1.09. The van der Waals surface area contributed by atoms with Gasteiger partial charge in [0.05, 0.1) is 18.0 Å². The van der Waals surface area contributed by atoms with Gasteiger partial charge in [-0.05, 0) is 36.6 Å². The number of nitrogens with two attached hydrogens (primary N) is 1. The minimum absolute atomic E-state index is 0.0438. The summed E-state index contributed by atoms with van der Waals surface area (Å²) in [5.74, 6) is -0.217. The predicted octanol–water partition coefficient (Wildman–Crippen LogP) is 1.29. The summed E-state index contributed by atoms with van der Waals surface area (Å²) in [7, 11) is -3.32. The molecule has 7 heteroatoms. The lowest BCUT2D eigenvalue weighted by Crippen LogP contribution is -2.39. The number of hydrogen-bond donors (Lipinski definition) is 3. The van der Waals surface area contributed by atoms with Gasteiger partial charge < -0.3 is 11.1 Å². The summed E-state index contributed by atoms with van der Waals surface area (Å²) in [5, 5.41) is 2.71. The topological polar surface area (TPSA) is 101 Å². The molecule has 6 nitrogen and oxygen atoms in total. The van der Waals surface area contributed by atoms with Gasteiger partial charge in [0.1, 0.15) is 0 Å². The van der Waals surface area contributed by atoms with Crippen LogP contribution in [0.3, 0.4) is 0 Å². The largest absolute Gasteiger partial charge is 0.325 e. The fourth-order valence-electron chi connectivity index (χ4n) is 1.58. The zero-order valence-corrected chi connectivity index (χ0v) is 12.9. The van der Waals surface area contributed by atoms with E-state index in [0.29, 0.717) is 16.9 Å². The maximum atomic E-state index is 11.8. The summed E-state index contributed by atoms with van der Waals surface area (Å²) in [6.45, 7) is 5.49. The van der Waals surface area contributed by atoms with E-state index >= 15 is 0 Å². The van der Waals surface area contributed by atoms with E-state index in [1.807, 2.05) is 13.8 Å². The Hall–Kier alpha value is -1.60. The van der Waals surface area contributed by atoms with E-state index in [2.05, 4.69) is 10.0 Å².